The van der Waals surface area contributed by atoms with Gasteiger partial charge in [0.05, 0.1) is 33.6 Å². The van der Waals surface area contributed by atoms with E-state index in [0.717, 1.165) is 32.1 Å². The smallest absolute Gasteiger partial charge is 0.308 e. The molecule has 0 aromatic heterocycles. The summed E-state index contributed by atoms with van der Waals surface area (Å²) < 4.78 is 0. The van der Waals surface area contributed by atoms with Crippen molar-refractivity contribution in [3.63, 3.8) is 0 Å². The first-order valence-corrected chi connectivity index (χ1v) is 16.3. The number of terminal acetylenes is 1. The molecule has 0 unspecified atom stereocenters. The van der Waals surface area contributed by atoms with Gasteiger partial charge in [-0.1, -0.05) is 78.7 Å². The summed E-state index contributed by atoms with van der Waals surface area (Å²) in [7, 11) is 0. The highest BCUT2D eigenvalue weighted by atomic mass is 16.2. The summed E-state index contributed by atoms with van der Waals surface area (Å²) in [6, 6.07) is 39.3. The highest BCUT2D eigenvalue weighted by Crippen LogP contribution is 2.38. The Morgan fingerprint density at radius 1 is 0.462 bits per heavy atom. The lowest BCUT2D eigenvalue weighted by Crippen LogP contribution is -2.32. The van der Waals surface area contributed by atoms with Gasteiger partial charge in [-0.15, -0.1) is 6.42 Å². The molecule has 0 saturated heterocycles. The van der Waals surface area contributed by atoms with Gasteiger partial charge in [0.1, 0.15) is 0 Å². The zero-order valence-corrected chi connectivity index (χ0v) is 27.3. The lowest BCUT2D eigenvalue weighted by molar-refractivity contribution is 0.0912. The van der Waals surface area contributed by atoms with Crippen LogP contribution in [0.5, 0.6) is 0 Å². The van der Waals surface area contributed by atoms with Gasteiger partial charge in [0.25, 0.3) is 23.6 Å². The zero-order chi connectivity index (χ0) is 35.9. The molecule has 6 aromatic rings. The molecule has 0 spiro atoms. The summed E-state index contributed by atoms with van der Waals surface area (Å²) in [4.78, 5) is 70.8. The number of imide groups is 2. The van der Waals surface area contributed by atoms with Gasteiger partial charge in [-0.2, -0.15) is 0 Å². The molecule has 248 valence electrons. The standard InChI is InChI=1S/C43H26N4O5/c1-2-26-13-17-31(18-14-26)44-43(52)45-32-23-33(46-39(48)35-19-15-29(21-37(35)41(46)50)27-9-5-3-6-10-27)25-34(24-32)47-40(49)36-20-16-30(22-38(36)42(47)51)28-11-7-4-8-12-28/h1,3-25H,(H2,44,45,52). The van der Waals surface area contributed by atoms with Gasteiger partial charge in [-0.3, -0.25) is 19.2 Å². The molecule has 0 radical (unpaired) electrons. The van der Waals surface area contributed by atoms with Crippen LogP contribution in [-0.4, -0.2) is 29.7 Å². The monoisotopic (exact) mass is 678 g/mol. The van der Waals surface area contributed by atoms with Crippen molar-refractivity contribution in [2.75, 3.05) is 20.4 Å². The molecule has 9 nitrogen and oxygen atoms in total. The van der Waals surface area contributed by atoms with Crippen molar-refractivity contribution < 1.29 is 24.0 Å². The summed E-state index contributed by atoms with van der Waals surface area (Å²) >= 11 is 0. The molecular weight excluding hydrogens is 652 g/mol. The maximum absolute atomic E-state index is 14.0. The van der Waals surface area contributed by atoms with Crippen LogP contribution in [-0.2, 0) is 0 Å². The van der Waals surface area contributed by atoms with E-state index in [1.54, 1.807) is 60.7 Å². The number of anilines is 4. The van der Waals surface area contributed by atoms with Crippen LogP contribution >= 0.6 is 0 Å². The van der Waals surface area contributed by atoms with Gasteiger partial charge in [0, 0.05) is 16.9 Å². The van der Waals surface area contributed by atoms with Gasteiger partial charge in [0.2, 0.25) is 0 Å². The summed E-state index contributed by atoms with van der Waals surface area (Å²) in [5.74, 6) is 0.163. The Kier molecular flexibility index (Phi) is 7.74. The van der Waals surface area contributed by atoms with Crippen molar-refractivity contribution in [3.05, 3.63) is 167 Å². The average Bonchev–Trinajstić information content (AvgIpc) is 3.58. The lowest BCUT2D eigenvalue weighted by Gasteiger charge is -2.21. The van der Waals surface area contributed by atoms with E-state index in [9.17, 15) is 24.0 Å². The number of hydrogen-bond donors (Lipinski definition) is 2. The molecule has 2 N–H and O–H groups in total. The topological polar surface area (TPSA) is 116 Å². The number of rotatable bonds is 6. The van der Waals surface area contributed by atoms with Crippen molar-refractivity contribution in [2.24, 2.45) is 0 Å². The minimum Gasteiger partial charge on any atom is -0.308 e. The van der Waals surface area contributed by atoms with Gasteiger partial charge in [-0.25, -0.2) is 14.6 Å². The van der Waals surface area contributed by atoms with Crippen LogP contribution in [0.15, 0.2) is 140 Å². The van der Waals surface area contributed by atoms with E-state index in [2.05, 4.69) is 16.6 Å². The van der Waals surface area contributed by atoms with Crippen molar-refractivity contribution >= 4 is 52.4 Å². The molecular formula is C43H26N4O5. The molecule has 0 saturated carbocycles. The third-order valence-electron chi connectivity index (χ3n) is 8.97. The second kappa shape index (κ2) is 12.7. The molecule has 0 fully saturated rings. The van der Waals surface area contributed by atoms with E-state index in [1.165, 1.54) is 18.2 Å². The number of hydrogen-bond acceptors (Lipinski definition) is 5. The van der Waals surface area contributed by atoms with E-state index in [0.29, 0.717) is 11.3 Å². The van der Waals surface area contributed by atoms with Crippen LogP contribution in [0.2, 0.25) is 0 Å². The first-order chi connectivity index (χ1) is 25.3. The minimum atomic E-state index is -0.652. The number of nitrogens with one attached hydrogen (secondary N) is 2. The average molecular weight is 679 g/mol. The number of fused-ring (bicyclic) bond motifs is 2. The van der Waals surface area contributed by atoms with Crippen LogP contribution < -0.4 is 20.4 Å². The molecule has 0 aliphatic carbocycles. The summed E-state index contributed by atoms with van der Waals surface area (Å²) in [5.41, 5.74) is 5.39. The third kappa shape index (κ3) is 5.56. The van der Waals surface area contributed by atoms with E-state index in [4.69, 9.17) is 6.42 Å². The lowest BCUT2D eigenvalue weighted by atomic mass is 10.0. The fraction of sp³-hybridized carbons (Fsp3) is 0. The predicted molar refractivity (Wildman–Crippen MR) is 199 cm³/mol. The molecule has 6 amide bonds. The normalized spacial score (nSPS) is 13.1. The first-order valence-electron chi connectivity index (χ1n) is 16.3. The molecule has 6 aromatic carbocycles. The molecule has 0 bridgehead atoms. The highest BCUT2D eigenvalue weighted by Gasteiger charge is 2.40. The largest absolute Gasteiger partial charge is 0.323 e. The van der Waals surface area contributed by atoms with Crippen LogP contribution in [0, 0.1) is 12.3 Å². The molecule has 2 heterocycles. The van der Waals surface area contributed by atoms with Crippen molar-refractivity contribution in [2.45, 2.75) is 0 Å². The Hall–Kier alpha value is -7.57. The maximum Gasteiger partial charge on any atom is 0.323 e. The summed E-state index contributed by atoms with van der Waals surface area (Å²) in [6.07, 6.45) is 5.44. The number of carbonyl (C=O) groups is 5. The van der Waals surface area contributed by atoms with Crippen LogP contribution in [0.25, 0.3) is 22.3 Å². The molecule has 52 heavy (non-hydrogen) atoms. The molecule has 8 rings (SSSR count). The minimum absolute atomic E-state index is 0.0557. The Labute approximate surface area is 298 Å². The number of amides is 6. The fourth-order valence-electron chi connectivity index (χ4n) is 6.44. The second-order valence-corrected chi connectivity index (χ2v) is 12.2. The Morgan fingerprint density at radius 3 is 1.37 bits per heavy atom. The van der Waals surface area contributed by atoms with Crippen LogP contribution in [0.4, 0.5) is 27.5 Å². The molecule has 2 aliphatic rings. The molecule has 0 atom stereocenters. The number of carbonyl (C=O) groups excluding carboxylic acids is 5. The quantitative estimate of drug-likeness (QED) is 0.136. The maximum atomic E-state index is 14.0. The van der Waals surface area contributed by atoms with E-state index >= 15 is 0 Å². The van der Waals surface area contributed by atoms with E-state index in [-0.39, 0.29) is 39.3 Å². The summed E-state index contributed by atoms with van der Waals surface area (Å²) in [5, 5.41) is 5.43. The van der Waals surface area contributed by atoms with E-state index < -0.39 is 29.7 Å². The van der Waals surface area contributed by atoms with Gasteiger partial charge in [0.15, 0.2) is 0 Å². The van der Waals surface area contributed by atoms with Gasteiger partial charge in [-0.05, 0) is 89.0 Å². The van der Waals surface area contributed by atoms with Gasteiger partial charge < -0.3 is 10.6 Å². The number of benzene rings is 6. The third-order valence-corrected chi connectivity index (χ3v) is 8.97. The Balaban J connectivity index is 1.17. The fourth-order valence-corrected chi connectivity index (χ4v) is 6.44. The summed E-state index contributed by atoms with van der Waals surface area (Å²) in [6.45, 7) is 0. The number of nitrogens with zero attached hydrogens (tertiary/aromatic N) is 2. The molecule has 2 aliphatic heterocycles. The zero-order valence-electron chi connectivity index (χ0n) is 27.3. The SMILES string of the molecule is C#Cc1ccc(NC(=O)Nc2cc(N3C(=O)c4ccc(-c5ccccc5)cc4C3=O)cc(N3C(=O)c4ccc(-c5ccccc5)cc4C3=O)c2)cc1. The number of urea groups is 1. The van der Waals surface area contributed by atoms with E-state index in [1.807, 2.05) is 60.7 Å². The first kappa shape index (κ1) is 31.7. The van der Waals surface area contributed by atoms with Crippen LogP contribution in [0.1, 0.15) is 47.0 Å². The Morgan fingerprint density at radius 2 is 0.904 bits per heavy atom. The highest BCUT2D eigenvalue weighted by molar-refractivity contribution is 6.36. The predicted octanol–water partition coefficient (Wildman–Crippen LogP) is 8.25. The van der Waals surface area contributed by atoms with Crippen LogP contribution in [0.3, 0.4) is 0 Å². The Bertz CT molecular complexity index is 2380. The molecule has 9 heteroatoms. The van der Waals surface area contributed by atoms with Crippen molar-refractivity contribution in [1.82, 2.24) is 0 Å². The van der Waals surface area contributed by atoms with Gasteiger partial charge >= 0.3 is 6.03 Å². The van der Waals surface area contributed by atoms with Crippen molar-refractivity contribution in [3.8, 4) is 34.6 Å². The second-order valence-electron chi connectivity index (χ2n) is 12.2. The van der Waals surface area contributed by atoms with Crippen molar-refractivity contribution in [1.29, 1.82) is 0 Å².